The van der Waals surface area contributed by atoms with Crippen LogP contribution in [-0.4, -0.2) is 42.3 Å². The predicted octanol–water partition coefficient (Wildman–Crippen LogP) is 4.15. The van der Waals surface area contributed by atoms with Gasteiger partial charge in [-0.1, -0.05) is 0 Å². The van der Waals surface area contributed by atoms with Gasteiger partial charge in [-0.15, -0.1) is 0 Å². The van der Waals surface area contributed by atoms with Crippen LogP contribution in [0.1, 0.15) is 59.3 Å². The van der Waals surface area contributed by atoms with E-state index in [2.05, 4.69) is 20.8 Å². The summed E-state index contributed by atoms with van der Waals surface area (Å²) < 4.78 is 11.1. The predicted molar refractivity (Wildman–Crippen MR) is 93.2 cm³/mol. The molecule has 0 N–H and O–H groups in total. The monoisotopic (exact) mass is 481 g/mol. The standard InChI is InChI=1S/C4H3O.3C4H9.2Sn.3H/c1-2-4-5-3-1;3*1-3-4-2;;;;;/h1-3H;3*1,3-4H2,2H3;;;;;. The van der Waals surface area contributed by atoms with Gasteiger partial charge in [-0.05, 0) is 0 Å². The summed E-state index contributed by atoms with van der Waals surface area (Å²) in [6.45, 7) is 7.00. The van der Waals surface area contributed by atoms with Crippen molar-refractivity contribution in [2.75, 3.05) is 0 Å². The van der Waals surface area contributed by atoms with Gasteiger partial charge in [0, 0.05) is 0 Å². The third kappa shape index (κ3) is 13.6. The number of rotatable bonds is 9. The molecule has 0 spiro atoms. The van der Waals surface area contributed by atoms with Gasteiger partial charge in [0.05, 0.1) is 0 Å². The Kier molecular flexibility index (Phi) is 16.0. The zero-order valence-electron chi connectivity index (χ0n) is 13.5. The summed E-state index contributed by atoms with van der Waals surface area (Å²) in [4.78, 5) is 0. The molecule has 0 amide bonds. The van der Waals surface area contributed by atoms with E-state index in [1.54, 1.807) is 19.6 Å². The van der Waals surface area contributed by atoms with Crippen LogP contribution in [0.4, 0.5) is 0 Å². The average molecular weight is 479 g/mol. The molecule has 0 aromatic carbocycles. The maximum absolute atomic E-state index is 4.93. The number of unbranched alkanes of at least 4 members (excludes halogenated alkanes) is 3. The van der Waals surface area contributed by atoms with Gasteiger partial charge in [-0.3, -0.25) is 0 Å². The average Bonchev–Trinajstić information content (AvgIpc) is 2.90. The molecule has 0 bridgehead atoms. The van der Waals surface area contributed by atoms with Crippen LogP contribution in [0.5, 0.6) is 0 Å². The molecule has 1 heterocycles. The van der Waals surface area contributed by atoms with Crippen molar-refractivity contribution in [2.24, 2.45) is 0 Å². The van der Waals surface area contributed by atoms with Crippen molar-refractivity contribution in [3.63, 3.8) is 0 Å². The van der Waals surface area contributed by atoms with Crippen molar-refractivity contribution < 1.29 is 4.42 Å². The van der Waals surface area contributed by atoms with Crippen LogP contribution in [0.3, 0.4) is 0 Å². The van der Waals surface area contributed by atoms with Crippen LogP contribution in [0.25, 0.3) is 0 Å². The third-order valence-electron chi connectivity index (χ3n) is 3.32. The van der Waals surface area contributed by atoms with Gasteiger partial charge in [0.2, 0.25) is 0 Å². The normalized spacial score (nSPS) is 10.5. The topological polar surface area (TPSA) is 13.1 Å². The van der Waals surface area contributed by atoms with E-state index in [0.717, 1.165) is 0 Å². The minimum absolute atomic E-state index is 0.575. The van der Waals surface area contributed by atoms with E-state index in [0.29, 0.717) is 22.5 Å². The van der Waals surface area contributed by atoms with Gasteiger partial charge in [0.25, 0.3) is 0 Å². The van der Waals surface area contributed by atoms with E-state index < -0.39 is 19.8 Å². The van der Waals surface area contributed by atoms with Gasteiger partial charge in [-0.2, -0.15) is 0 Å². The van der Waals surface area contributed by atoms with Crippen LogP contribution in [0.2, 0.25) is 13.3 Å². The Morgan fingerprint density at radius 2 is 1.42 bits per heavy atom. The third-order valence-corrected chi connectivity index (χ3v) is 14.0. The van der Waals surface area contributed by atoms with Gasteiger partial charge < -0.3 is 0 Å². The Balaban J connectivity index is 0.000000443. The summed E-state index contributed by atoms with van der Waals surface area (Å²) in [5.74, 6) is 0. The molecule has 0 aliphatic carbocycles. The Morgan fingerprint density at radius 3 is 1.63 bits per heavy atom. The summed E-state index contributed by atoms with van der Waals surface area (Å²) >= 11 is -0.264. The van der Waals surface area contributed by atoms with Crippen LogP contribution in [0.15, 0.2) is 22.8 Å². The fourth-order valence-electron chi connectivity index (χ4n) is 2.02. The minimum atomic E-state index is -0.839. The molecule has 1 aromatic heterocycles. The first kappa shape index (κ1) is 19.9. The Labute approximate surface area is 140 Å². The molecule has 0 saturated carbocycles. The van der Waals surface area contributed by atoms with E-state index in [1.165, 1.54) is 42.3 Å². The summed E-state index contributed by atoms with van der Waals surface area (Å²) in [6.07, 6.45) is 10.6. The quantitative estimate of drug-likeness (QED) is 0.486. The molecule has 1 aromatic rings. The van der Waals surface area contributed by atoms with Crippen LogP contribution in [0, 0.1) is 0 Å². The molecule has 0 aliphatic rings. The van der Waals surface area contributed by atoms with Crippen molar-refractivity contribution in [2.45, 2.75) is 72.6 Å². The summed E-state index contributed by atoms with van der Waals surface area (Å²) in [6, 6.07) is 3.93. The molecule has 111 valence electrons. The zero-order valence-corrected chi connectivity index (χ0v) is 22.1. The second-order valence-electron chi connectivity index (χ2n) is 5.28. The second kappa shape index (κ2) is 15.3. The molecule has 1 nitrogen and oxygen atoms in total. The summed E-state index contributed by atoms with van der Waals surface area (Å²) in [7, 11) is 0. The van der Waals surface area contributed by atoms with E-state index in [9.17, 15) is 0 Å². The first-order valence-electron chi connectivity index (χ1n) is 8.08. The van der Waals surface area contributed by atoms with E-state index in [1.807, 2.05) is 12.1 Å². The van der Waals surface area contributed by atoms with Gasteiger partial charge >= 0.3 is 141 Å². The zero-order chi connectivity index (χ0) is 14.3. The van der Waals surface area contributed by atoms with Crippen molar-refractivity contribution in [3.05, 3.63) is 18.4 Å². The molecule has 0 unspecified atom stereocenters. The molecule has 0 aliphatic heterocycles. The van der Waals surface area contributed by atoms with E-state index in [4.69, 9.17) is 4.42 Å². The van der Waals surface area contributed by atoms with Gasteiger partial charge in [0.1, 0.15) is 0 Å². The van der Waals surface area contributed by atoms with E-state index in [-0.39, 0.29) is 0 Å². The van der Waals surface area contributed by atoms with Gasteiger partial charge in [0.15, 0.2) is 0 Å². The molecular weight excluding hydrogens is 446 g/mol. The Bertz CT molecular complexity index is 241. The van der Waals surface area contributed by atoms with E-state index >= 15 is 0 Å². The fraction of sp³-hybridized carbons (Fsp3) is 0.750. The molecular formula is C16H33OSn2. The first-order valence-corrected chi connectivity index (χ1v) is 17.0. The van der Waals surface area contributed by atoms with Crippen LogP contribution >= 0.6 is 0 Å². The maximum atomic E-state index is 4.93. The Morgan fingerprint density at radius 1 is 0.947 bits per heavy atom. The summed E-state index contributed by atoms with van der Waals surface area (Å²) in [5, 5.41) is 0. The van der Waals surface area contributed by atoms with Crippen LogP contribution in [-0.2, 0) is 0 Å². The molecule has 19 heavy (non-hydrogen) atoms. The molecule has 0 fully saturated rings. The summed E-state index contributed by atoms with van der Waals surface area (Å²) in [5.41, 5.74) is 0. The molecule has 3 heteroatoms. The molecule has 1 rings (SSSR count). The van der Waals surface area contributed by atoms with Crippen molar-refractivity contribution in [3.8, 4) is 0 Å². The number of furan rings is 1. The Hall–Kier alpha value is 0.877. The van der Waals surface area contributed by atoms with Gasteiger partial charge in [-0.25, -0.2) is 0 Å². The fourth-order valence-corrected chi connectivity index (χ4v) is 12.4. The number of hydrogen-bond acceptors (Lipinski definition) is 1. The first-order chi connectivity index (χ1) is 9.24. The number of hydrogen-bond donors (Lipinski definition) is 0. The van der Waals surface area contributed by atoms with Crippen molar-refractivity contribution >= 4 is 46.1 Å². The van der Waals surface area contributed by atoms with Crippen molar-refractivity contribution in [1.29, 1.82) is 0 Å². The second-order valence-corrected chi connectivity index (χ2v) is 16.7. The van der Waals surface area contributed by atoms with Crippen molar-refractivity contribution in [1.82, 2.24) is 0 Å². The molecule has 0 atom stereocenters. The molecule has 1 radical (unpaired) electrons. The SMILES string of the molecule is CCC[CH2][Sn]([CH2]CCC)[CH2]CCC.[SnH3][c]1ccco1. The molecule has 0 saturated heterocycles. The van der Waals surface area contributed by atoms with Crippen LogP contribution < -0.4 is 3.78 Å².